The van der Waals surface area contributed by atoms with Crippen molar-refractivity contribution < 1.29 is 14.3 Å². The number of methoxy groups -OCH3 is 1. The summed E-state index contributed by atoms with van der Waals surface area (Å²) in [4.78, 5) is 29.8. The van der Waals surface area contributed by atoms with Gasteiger partial charge in [-0.3, -0.25) is 14.6 Å². The van der Waals surface area contributed by atoms with E-state index in [1.807, 2.05) is 31.2 Å². The highest BCUT2D eigenvalue weighted by Gasteiger charge is 2.17. The minimum Gasteiger partial charge on any atom is -0.469 e. The number of esters is 1. The van der Waals surface area contributed by atoms with Crippen molar-refractivity contribution in [3.05, 3.63) is 65.5 Å². The molecule has 0 spiro atoms. The molecule has 0 aliphatic rings. The number of rotatable bonds is 6. The zero-order valence-electron chi connectivity index (χ0n) is 13.4. The summed E-state index contributed by atoms with van der Waals surface area (Å²) in [6.45, 7) is 2.67. The van der Waals surface area contributed by atoms with Crippen molar-refractivity contribution in [2.45, 2.75) is 19.9 Å². The lowest BCUT2D eigenvalue weighted by atomic mass is 10.1. The van der Waals surface area contributed by atoms with Gasteiger partial charge in [0.1, 0.15) is 0 Å². The van der Waals surface area contributed by atoms with Gasteiger partial charge in [0.2, 0.25) is 0 Å². The molecule has 2 aromatic rings. The molecule has 0 N–H and O–H groups in total. The van der Waals surface area contributed by atoms with Gasteiger partial charge in [-0.2, -0.15) is 0 Å². The third-order valence-corrected chi connectivity index (χ3v) is 3.50. The first-order valence-electron chi connectivity index (χ1n) is 7.42. The second-order valence-corrected chi connectivity index (χ2v) is 5.28. The van der Waals surface area contributed by atoms with Crippen LogP contribution in [0, 0.1) is 6.92 Å². The van der Waals surface area contributed by atoms with E-state index < -0.39 is 0 Å². The zero-order valence-corrected chi connectivity index (χ0v) is 13.4. The summed E-state index contributed by atoms with van der Waals surface area (Å²) in [6.07, 6.45) is 3.56. The maximum Gasteiger partial charge on any atom is 0.307 e. The number of ether oxygens (including phenoxy) is 1. The van der Waals surface area contributed by atoms with Gasteiger partial charge < -0.3 is 9.64 Å². The number of amides is 1. The molecule has 1 amide bonds. The summed E-state index contributed by atoms with van der Waals surface area (Å²) in [7, 11) is 1.34. The van der Waals surface area contributed by atoms with Crippen LogP contribution in [0.25, 0.3) is 0 Å². The molecule has 5 heteroatoms. The number of hydrogen-bond donors (Lipinski definition) is 0. The van der Waals surface area contributed by atoms with Gasteiger partial charge in [-0.1, -0.05) is 23.8 Å². The van der Waals surface area contributed by atoms with Crippen LogP contribution >= 0.6 is 0 Å². The molecule has 0 aliphatic carbocycles. The minimum absolute atomic E-state index is 0.113. The molecule has 0 saturated heterocycles. The summed E-state index contributed by atoms with van der Waals surface area (Å²) in [6, 6.07) is 11.1. The lowest BCUT2D eigenvalue weighted by Gasteiger charge is -2.22. The van der Waals surface area contributed by atoms with Crippen molar-refractivity contribution in [1.82, 2.24) is 9.88 Å². The van der Waals surface area contributed by atoms with Gasteiger partial charge in [0, 0.05) is 31.0 Å². The normalized spacial score (nSPS) is 10.2. The molecule has 0 radical (unpaired) electrons. The second kappa shape index (κ2) is 8.08. The van der Waals surface area contributed by atoms with Crippen LogP contribution in [0.2, 0.25) is 0 Å². The number of aryl methyl sites for hydroxylation is 1. The molecule has 2 rings (SSSR count). The van der Waals surface area contributed by atoms with Crippen molar-refractivity contribution in [2.75, 3.05) is 13.7 Å². The summed E-state index contributed by atoms with van der Waals surface area (Å²) >= 11 is 0. The molecule has 120 valence electrons. The molecule has 0 fully saturated rings. The first-order valence-corrected chi connectivity index (χ1v) is 7.42. The van der Waals surface area contributed by atoms with Crippen LogP contribution in [0.3, 0.4) is 0 Å². The molecular formula is C18H20N2O3. The zero-order chi connectivity index (χ0) is 16.7. The largest absolute Gasteiger partial charge is 0.469 e. The Kier molecular flexibility index (Phi) is 5.86. The molecule has 5 nitrogen and oxygen atoms in total. The highest BCUT2D eigenvalue weighted by atomic mass is 16.5. The summed E-state index contributed by atoms with van der Waals surface area (Å²) in [5, 5.41) is 0. The van der Waals surface area contributed by atoms with Crippen LogP contribution in [-0.2, 0) is 16.1 Å². The smallest absolute Gasteiger partial charge is 0.307 e. The highest BCUT2D eigenvalue weighted by Crippen LogP contribution is 2.11. The number of carbonyl (C=O) groups is 2. The average Bonchev–Trinajstić information content (AvgIpc) is 2.59. The fraction of sp³-hybridized carbons (Fsp3) is 0.278. The molecule has 0 atom stereocenters. The number of nitrogens with zero attached hydrogens (tertiary/aromatic N) is 2. The van der Waals surface area contributed by atoms with Gasteiger partial charge in [-0.15, -0.1) is 0 Å². The molecule has 1 aromatic heterocycles. The topological polar surface area (TPSA) is 59.5 Å². The van der Waals surface area contributed by atoms with E-state index in [2.05, 4.69) is 9.72 Å². The molecule has 1 aromatic carbocycles. The van der Waals surface area contributed by atoms with E-state index in [4.69, 9.17) is 0 Å². The average molecular weight is 312 g/mol. The monoisotopic (exact) mass is 312 g/mol. The lowest BCUT2D eigenvalue weighted by Crippen LogP contribution is -2.32. The maximum absolute atomic E-state index is 12.7. The number of aromatic nitrogens is 1. The molecule has 0 saturated carbocycles. The van der Waals surface area contributed by atoms with E-state index >= 15 is 0 Å². The Morgan fingerprint density at radius 3 is 2.52 bits per heavy atom. The van der Waals surface area contributed by atoms with Crippen molar-refractivity contribution in [3.63, 3.8) is 0 Å². The first-order chi connectivity index (χ1) is 11.1. The number of hydrogen-bond acceptors (Lipinski definition) is 4. The van der Waals surface area contributed by atoms with E-state index in [0.29, 0.717) is 18.7 Å². The molecule has 0 aliphatic heterocycles. The molecule has 1 heterocycles. The standard InChI is InChI=1S/C18H20N2O3/c1-14-5-7-16(8-6-14)18(22)20(11-9-17(21)23-2)13-15-4-3-10-19-12-15/h3-8,10,12H,9,11,13H2,1-2H3. The van der Waals surface area contributed by atoms with Crippen LogP contribution in [0.1, 0.15) is 27.9 Å². The Labute approximate surface area is 135 Å². The third-order valence-electron chi connectivity index (χ3n) is 3.50. The number of carbonyl (C=O) groups excluding carboxylic acids is 2. The predicted molar refractivity (Wildman–Crippen MR) is 86.8 cm³/mol. The Morgan fingerprint density at radius 1 is 1.17 bits per heavy atom. The van der Waals surface area contributed by atoms with E-state index in [1.54, 1.807) is 29.4 Å². The van der Waals surface area contributed by atoms with E-state index in [9.17, 15) is 9.59 Å². The minimum atomic E-state index is -0.335. The van der Waals surface area contributed by atoms with Crippen LogP contribution in [0.4, 0.5) is 0 Å². The summed E-state index contributed by atoms with van der Waals surface area (Å²) < 4.78 is 4.66. The molecule has 23 heavy (non-hydrogen) atoms. The van der Waals surface area contributed by atoms with Crippen molar-refractivity contribution in [2.24, 2.45) is 0 Å². The van der Waals surface area contributed by atoms with Crippen LogP contribution < -0.4 is 0 Å². The second-order valence-electron chi connectivity index (χ2n) is 5.28. The van der Waals surface area contributed by atoms with Gasteiger partial charge in [-0.25, -0.2) is 0 Å². The number of benzene rings is 1. The Hall–Kier alpha value is -2.69. The lowest BCUT2D eigenvalue weighted by molar-refractivity contribution is -0.140. The van der Waals surface area contributed by atoms with E-state index in [1.165, 1.54) is 7.11 Å². The fourth-order valence-corrected chi connectivity index (χ4v) is 2.17. The number of pyridine rings is 1. The van der Waals surface area contributed by atoms with Gasteiger partial charge in [0.05, 0.1) is 13.5 Å². The first kappa shape index (κ1) is 16.7. The maximum atomic E-state index is 12.7. The van der Waals surface area contributed by atoms with Gasteiger partial charge in [0.25, 0.3) is 5.91 Å². The van der Waals surface area contributed by atoms with Gasteiger partial charge in [0.15, 0.2) is 0 Å². The van der Waals surface area contributed by atoms with Crippen LogP contribution in [0.5, 0.6) is 0 Å². The van der Waals surface area contributed by atoms with Crippen molar-refractivity contribution in [3.8, 4) is 0 Å². The Bertz CT molecular complexity index is 654. The molecular weight excluding hydrogens is 292 g/mol. The fourth-order valence-electron chi connectivity index (χ4n) is 2.17. The molecule has 0 bridgehead atoms. The predicted octanol–water partition coefficient (Wildman–Crippen LogP) is 2.60. The van der Waals surface area contributed by atoms with E-state index in [0.717, 1.165) is 11.1 Å². The SMILES string of the molecule is COC(=O)CCN(Cc1cccnc1)C(=O)c1ccc(C)cc1. The molecule has 0 unspecified atom stereocenters. The van der Waals surface area contributed by atoms with Crippen molar-refractivity contribution >= 4 is 11.9 Å². The third kappa shape index (κ3) is 4.92. The Morgan fingerprint density at radius 2 is 1.91 bits per heavy atom. The highest BCUT2D eigenvalue weighted by molar-refractivity contribution is 5.94. The quantitative estimate of drug-likeness (QED) is 0.769. The van der Waals surface area contributed by atoms with Crippen LogP contribution in [0.15, 0.2) is 48.8 Å². The van der Waals surface area contributed by atoms with Gasteiger partial charge >= 0.3 is 5.97 Å². The van der Waals surface area contributed by atoms with Crippen molar-refractivity contribution in [1.29, 1.82) is 0 Å². The Balaban J connectivity index is 2.15. The summed E-state index contributed by atoms with van der Waals surface area (Å²) in [5.41, 5.74) is 2.61. The van der Waals surface area contributed by atoms with Gasteiger partial charge in [-0.05, 0) is 30.7 Å². The van der Waals surface area contributed by atoms with Crippen LogP contribution in [-0.4, -0.2) is 35.4 Å². The summed E-state index contributed by atoms with van der Waals surface area (Å²) in [5.74, 6) is -0.448. The van der Waals surface area contributed by atoms with E-state index in [-0.39, 0.29) is 18.3 Å².